The molecule has 0 bridgehead atoms. The number of rotatable bonds is 10. The van der Waals surface area contributed by atoms with Crippen molar-refractivity contribution < 1.29 is 9.59 Å². The topological polar surface area (TPSA) is 55.9 Å². The molecule has 6 nitrogen and oxygen atoms in total. The van der Waals surface area contributed by atoms with Crippen LogP contribution in [0.1, 0.15) is 43.4 Å². The summed E-state index contributed by atoms with van der Waals surface area (Å²) in [5.41, 5.74) is 4.40. The van der Waals surface area contributed by atoms with Gasteiger partial charge in [0.15, 0.2) is 0 Å². The van der Waals surface area contributed by atoms with Gasteiger partial charge in [-0.25, -0.2) is 5.01 Å². The van der Waals surface area contributed by atoms with Crippen LogP contribution in [0.2, 0.25) is 0 Å². The zero-order valence-electron chi connectivity index (χ0n) is 20.1. The van der Waals surface area contributed by atoms with E-state index in [1.54, 1.807) is 5.01 Å². The minimum absolute atomic E-state index is 0.0465. The average Bonchev–Trinajstić information content (AvgIpc) is 3.21. The predicted octanol–water partition coefficient (Wildman–Crippen LogP) is 4.51. The van der Waals surface area contributed by atoms with E-state index in [-0.39, 0.29) is 24.9 Å². The van der Waals surface area contributed by atoms with Gasteiger partial charge in [0, 0.05) is 36.8 Å². The average molecular weight is 515 g/mol. The molecule has 0 aromatic heterocycles. The Morgan fingerprint density at radius 3 is 2.39 bits per heavy atom. The van der Waals surface area contributed by atoms with E-state index in [0.717, 1.165) is 28.6 Å². The Morgan fingerprint density at radius 1 is 1.09 bits per heavy atom. The summed E-state index contributed by atoms with van der Waals surface area (Å²) in [4.78, 5) is 27.9. The lowest BCUT2D eigenvalue weighted by molar-refractivity contribution is -0.145. The van der Waals surface area contributed by atoms with Gasteiger partial charge in [-0.05, 0) is 54.5 Å². The van der Waals surface area contributed by atoms with Crippen molar-refractivity contribution in [2.24, 2.45) is 5.92 Å². The fourth-order valence-electron chi connectivity index (χ4n) is 4.07. The maximum absolute atomic E-state index is 13.3. The first-order chi connectivity index (χ1) is 15.7. The number of carbonyl (C=O) groups excluding carboxylic acids is 2. The number of anilines is 1. The lowest BCUT2D eigenvalue weighted by Gasteiger charge is -2.32. The Bertz CT molecular complexity index is 954. The number of benzene rings is 2. The van der Waals surface area contributed by atoms with Gasteiger partial charge in [0.2, 0.25) is 5.91 Å². The summed E-state index contributed by atoms with van der Waals surface area (Å²) in [7, 11) is 1.81. The summed E-state index contributed by atoms with van der Waals surface area (Å²) in [5, 5.41) is 6.76. The van der Waals surface area contributed by atoms with Crippen LogP contribution >= 0.6 is 15.9 Å². The highest BCUT2D eigenvalue weighted by Crippen LogP contribution is 2.26. The monoisotopic (exact) mass is 514 g/mol. The van der Waals surface area contributed by atoms with E-state index in [1.807, 2.05) is 54.2 Å². The minimum atomic E-state index is -0.0674. The van der Waals surface area contributed by atoms with Crippen molar-refractivity contribution >= 4 is 33.4 Å². The molecule has 2 aromatic carbocycles. The molecular formula is C26H35BrN4O2. The zero-order valence-corrected chi connectivity index (χ0v) is 21.7. The number of hydrazine groups is 1. The molecular weight excluding hydrogens is 480 g/mol. The lowest BCUT2D eigenvalue weighted by atomic mass is 10.1. The highest BCUT2D eigenvalue weighted by atomic mass is 79.9. The zero-order chi connectivity index (χ0) is 24.0. The maximum Gasteiger partial charge on any atom is 0.256 e. The molecule has 178 valence electrons. The summed E-state index contributed by atoms with van der Waals surface area (Å²) >= 11 is 3.53. The van der Waals surface area contributed by atoms with Crippen molar-refractivity contribution in [1.82, 2.24) is 15.3 Å². The van der Waals surface area contributed by atoms with Crippen LogP contribution in [0, 0.1) is 12.8 Å². The van der Waals surface area contributed by atoms with E-state index in [2.05, 4.69) is 47.2 Å². The van der Waals surface area contributed by atoms with Gasteiger partial charge in [-0.15, -0.1) is 0 Å². The normalized spacial score (nSPS) is 13.2. The Kier molecular flexibility index (Phi) is 8.92. The van der Waals surface area contributed by atoms with Gasteiger partial charge in [0.1, 0.15) is 0 Å². The number of aryl methyl sites for hydroxylation is 1. The number of nitrogens with one attached hydrogen (secondary N) is 1. The highest BCUT2D eigenvalue weighted by molar-refractivity contribution is 9.10. The number of amides is 2. The van der Waals surface area contributed by atoms with Crippen molar-refractivity contribution in [1.29, 1.82) is 0 Å². The third kappa shape index (κ3) is 7.05. The Hall–Kier alpha value is -2.38. The van der Waals surface area contributed by atoms with Crippen molar-refractivity contribution in [2.45, 2.75) is 46.7 Å². The van der Waals surface area contributed by atoms with Crippen molar-refractivity contribution in [2.75, 3.05) is 31.6 Å². The van der Waals surface area contributed by atoms with Crippen molar-refractivity contribution in [3.63, 3.8) is 0 Å². The first-order valence-corrected chi connectivity index (χ1v) is 12.4. The van der Waals surface area contributed by atoms with Crippen molar-refractivity contribution in [3.05, 3.63) is 63.6 Å². The number of fused-ring (bicyclic) bond motifs is 1. The summed E-state index contributed by atoms with van der Waals surface area (Å²) in [6.45, 7) is 8.71. The smallest absolute Gasteiger partial charge is 0.256 e. The molecule has 0 atom stereocenters. The van der Waals surface area contributed by atoms with E-state index in [4.69, 9.17) is 0 Å². The quantitative estimate of drug-likeness (QED) is 0.474. The van der Waals surface area contributed by atoms with E-state index in [1.165, 1.54) is 11.1 Å². The van der Waals surface area contributed by atoms with Crippen LogP contribution in [0.4, 0.5) is 5.69 Å². The van der Waals surface area contributed by atoms with E-state index in [9.17, 15) is 9.59 Å². The molecule has 3 rings (SSSR count). The highest BCUT2D eigenvalue weighted by Gasteiger charge is 2.27. The third-order valence-corrected chi connectivity index (χ3v) is 6.56. The van der Waals surface area contributed by atoms with Crippen molar-refractivity contribution in [3.8, 4) is 0 Å². The molecule has 7 heteroatoms. The molecule has 0 unspecified atom stereocenters. The van der Waals surface area contributed by atoms with Gasteiger partial charge in [-0.2, -0.15) is 0 Å². The molecule has 1 aliphatic rings. The molecule has 33 heavy (non-hydrogen) atoms. The molecule has 1 aliphatic heterocycles. The molecule has 0 aliphatic carbocycles. The minimum Gasteiger partial charge on any atom is -0.355 e. The second-order valence-electron chi connectivity index (χ2n) is 9.18. The number of halogens is 1. The molecule has 0 saturated heterocycles. The second-order valence-corrected chi connectivity index (χ2v) is 10.1. The molecule has 0 radical (unpaired) electrons. The summed E-state index contributed by atoms with van der Waals surface area (Å²) in [6.07, 6.45) is 2.03. The Labute approximate surface area is 206 Å². The lowest BCUT2D eigenvalue weighted by Crippen LogP contribution is -2.48. The Morgan fingerprint density at radius 2 is 1.76 bits per heavy atom. The molecule has 1 N–H and O–H groups in total. The first-order valence-electron chi connectivity index (χ1n) is 11.6. The largest absolute Gasteiger partial charge is 0.355 e. The van der Waals surface area contributed by atoms with Gasteiger partial charge in [0.05, 0.1) is 13.1 Å². The van der Waals surface area contributed by atoms with Crippen LogP contribution in [0.15, 0.2) is 46.9 Å². The number of carbonyl (C=O) groups is 2. The second kappa shape index (κ2) is 11.7. The fraction of sp³-hybridized carbons (Fsp3) is 0.462. The SMILES string of the molecule is Cc1ccc(Br)cc1N(CC(=O)NCCCC(C)C)CC(=O)N(C)N1Cc2ccccc2C1. The summed E-state index contributed by atoms with van der Waals surface area (Å²) in [5.74, 6) is 0.504. The molecule has 0 fully saturated rings. The van der Waals surface area contributed by atoms with Gasteiger partial charge in [-0.3, -0.25) is 14.6 Å². The number of nitrogens with zero attached hydrogens (tertiary/aromatic N) is 3. The van der Waals surface area contributed by atoms with Gasteiger partial charge in [-0.1, -0.05) is 60.1 Å². The maximum atomic E-state index is 13.3. The van der Waals surface area contributed by atoms with E-state index >= 15 is 0 Å². The number of hydrogen-bond acceptors (Lipinski definition) is 4. The molecule has 1 heterocycles. The third-order valence-electron chi connectivity index (χ3n) is 6.06. The van der Waals surface area contributed by atoms with Gasteiger partial charge >= 0.3 is 0 Å². The van der Waals surface area contributed by atoms with Crippen LogP contribution in [0.25, 0.3) is 0 Å². The summed E-state index contributed by atoms with van der Waals surface area (Å²) in [6, 6.07) is 14.2. The first kappa shape index (κ1) is 25.2. The summed E-state index contributed by atoms with van der Waals surface area (Å²) < 4.78 is 0.918. The van der Waals surface area contributed by atoms with E-state index in [0.29, 0.717) is 25.6 Å². The Balaban J connectivity index is 1.68. The predicted molar refractivity (Wildman–Crippen MR) is 137 cm³/mol. The van der Waals surface area contributed by atoms with Crippen LogP contribution in [0.3, 0.4) is 0 Å². The molecule has 2 amide bonds. The van der Waals surface area contributed by atoms with Gasteiger partial charge < -0.3 is 10.2 Å². The number of hydrogen-bond donors (Lipinski definition) is 1. The molecule has 0 saturated carbocycles. The van der Waals surface area contributed by atoms with Gasteiger partial charge in [0.25, 0.3) is 5.91 Å². The standard InChI is InChI=1S/C26H35BrN4O2/c1-19(2)8-7-13-28-25(32)17-30(24-14-23(27)12-11-20(24)3)18-26(33)29(4)31-15-21-9-5-6-10-22(21)16-31/h5-6,9-12,14,19H,7-8,13,15-18H2,1-4H3,(H,28,32). The van der Waals surface area contributed by atoms with E-state index < -0.39 is 0 Å². The van der Waals surface area contributed by atoms with Crippen LogP contribution in [0.5, 0.6) is 0 Å². The molecule has 0 spiro atoms. The number of likely N-dealkylation sites (N-methyl/N-ethyl adjacent to an activating group) is 1. The van der Waals surface area contributed by atoms with Crippen LogP contribution in [-0.4, -0.2) is 48.5 Å². The van der Waals surface area contributed by atoms with Crippen LogP contribution in [-0.2, 0) is 22.7 Å². The fourth-order valence-corrected chi connectivity index (χ4v) is 4.42. The van der Waals surface area contributed by atoms with Crippen LogP contribution < -0.4 is 10.2 Å². The molecule has 2 aromatic rings.